The molecule has 5 heteroatoms. The zero-order valence-corrected chi connectivity index (χ0v) is 8.36. The summed E-state index contributed by atoms with van der Waals surface area (Å²) in [5.41, 5.74) is 5.50. The van der Waals surface area contributed by atoms with Crippen molar-refractivity contribution >= 4 is 22.9 Å². The Labute approximate surface area is 80.5 Å². The van der Waals surface area contributed by atoms with Crippen molar-refractivity contribution in [2.45, 2.75) is 13.0 Å². The highest BCUT2D eigenvalue weighted by Gasteiger charge is 2.12. The van der Waals surface area contributed by atoms with Crippen LogP contribution in [0.5, 0.6) is 0 Å². The maximum atomic E-state index is 5.72. The quantitative estimate of drug-likeness (QED) is 0.818. The summed E-state index contributed by atoms with van der Waals surface area (Å²) in [7, 11) is 0. The van der Waals surface area contributed by atoms with Crippen LogP contribution in [0, 0.1) is 0 Å². The molecular weight excluding hydrogens is 196 g/mol. The summed E-state index contributed by atoms with van der Waals surface area (Å²) in [5.74, 6) is 0. The zero-order chi connectivity index (χ0) is 8.97. The molecule has 2 N–H and O–H groups in total. The first-order chi connectivity index (χ1) is 5.77. The standard InChI is InChI=1S/C7H11ClN2OS/c1-2-11-5(3-9)7-10-4-6(8)12-7/h4-5H,2-3,9H2,1H3. The lowest BCUT2D eigenvalue weighted by Crippen LogP contribution is -2.15. The summed E-state index contributed by atoms with van der Waals surface area (Å²) >= 11 is 7.13. The Kier molecular flexibility index (Phi) is 3.94. The van der Waals surface area contributed by atoms with Gasteiger partial charge in [0.25, 0.3) is 0 Å². The average molecular weight is 207 g/mol. The van der Waals surface area contributed by atoms with Crippen LogP contribution in [-0.2, 0) is 4.74 Å². The molecule has 1 aromatic heterocycles. The van der Waals surface area contributed by atoms with E-state index in [1.165, 1.54) is 11.3 Å². The fourth-order valence-electron chi connectivity index (χ4n) is 0.857. The summed E-state index contributed by atoms with van der Waals surface area (Å²) in [6.07, 6.45) is 1.51. The third kappa shape index (κ3) is 2.42. The van der Waals surface area contributed by atoms with Crippen molar-refractivity contribution in [3.8, 4) is 0 Å². The summed E-state index contributed by atoms with van der Waals surface area (Å²) in [5, 5.41) is 0.851. The molecule has 0 amide bonds. The Morgan fingerprint density at radius 2 is 2.58 bits per heavy atom. The van der Waals surface area contributed by atoms with Crippen LogP contribution in [0.25, 0.3) is 0 Å². The molecule has 0 aliphatic heterocycles. The number of nitrogens with zero attached hydrogens (tertiary/aromatic N) is 1. The number of aromatic nitrogens is 1. The molecule has 0 aromatic carbocycles. The van der Waals surface area contributed by atoms with Gasteiger partial charge in [-0.3, -0.25) is 0 Å². The van der Waals surface area contributed by atoms with Crippen LogP contribution < -0.4 is 5.73 Å². The van der Waals surface area contributed by atoms with E-state index in [0.717, 1.165) is 5.01 Å². The zero-order valence-electron chi connectivity index (χ0n) is 6.79. The van der Waals surface area contributed by atoms with Gasteiger partial charge in [0.2, 0.25) is 0 Å². The summed E-state index contributed by atoms with van der Waals surface area (Å²) in [6, 6.07) is 0. The third-order valence-electron chi connectivity index (χ3n) is 1.35. The highest BCUT2D eigenvalue weighted by Crippen LogP contribution is 2.25. The fraction of sp³-hybridized carbons (Fsp3) is 0.571. The van der Waals surface area contributed by atoms with Crippen molar-refractivity contribution in [3.05, 3.63) is 15.5 Å². The van der Waals surface area contributed by atoms with E-state index in [0.29, 0.717) is 17.5 Å². The second-order valence-corrected chi connectivity index (χ2v) is 3.88. The molecule has 0 fully saturated rings. The molecule has 0 radical (unpaired) electrons. The topological polar surface area (TPSA) is 48.1 Å². The largest absolute Gasteiger partial charge is 0.370 e. The van der Waals surface area contributed by atoms with Crippen LogP contribution in [0.2, 0.25) is 4.34 Å². The molecule has 1 rings (SSSR count). The van der Waals surface area contributed by atoms with E-state index in [1.807, 2.05) is 6.92 Å². The van der Waals surface area contributed by atoms with Gasteiger partial charge in [0, 0.05) is 13.2 Å². The normalized spacial score (nSPS) is 13.2. The summed E-state index contributed by atoms with van der Waals surface area (Å²) in [4.78, 5) is 4.09. The van der Waals surface area contributed by atoms with Crippen LogP contribution in [0.3, 0.4) is 0 Å². The molecule has 1 heterocycles. The second kappa shape index (κ2) is 4.77. The molecule has 1 unspecified atom stereocenters. The molecular formula is C7H11ClN2OS. The van der Waals surface area contributed by atoms with Crippen LogP contribution in [0.4, 0.5) is 0 Å². The number of nitrogens with two attached hydrogens (primary N) is 1. The average Bonchev–Trinajstić information content (AvgIpc) is 2.47. The van der Waals surface area contributed by atoms with Crippen molar-refractivity contribution in [3.63, 3.8) is 0 Å². The van der Waals surface area contributed by atoms with E-state index >= 15 is 0 Å². The predicted octanol–water partition coefficient (Wildman–Crippen LogP) is 1.83. The molecule has 0 saturated carbocycles. The highest BCUT2D eigenvalue weighted by atomic mass is 35.5. The molecule has 1 atom stereocenters. The number of hydrogen-bond acceptors (Lipinski definition) is 4. The molecule has 12 heavy (non-hydrogen) atoms. The Bertz CT molecular complexity index is 241. The number of rotatable bonds is 4. The molecule has 0 aliphatic rings. The van der Waals surface area contributed by atoms with Crippen LogP contribution in [0.15, 0.2) is 6.20 Å². The van der Waals surface area contributed by atoms with Gasteiger partial charge in [-0.1, -0.05) is 11.6 Å². The van der Waals surface area contributed by atoms with Gasteiger partial charge < -0.3 is 10.5 Å². The Morgan fingerprint density at radius 1 is 1.83 bits per heavy atom. The first-order valence-corrected chi connectivity index (χ1v) is 4.90. The molecule has 0 aliphatic carbocycles. The molecule has 1 aromatic rings. The maximum absolute atomic E-state index is 5.72. The van der Waals surface area contributed by atoms with Gasteiger partial charge >= 0.3 is 0 Å². The molecule has 0 bridgehead atoms. The minimum Gasteiger partial charge on any atom is -0.370 e. The Morgan fingerprint density at radius 3 is 3.00 bits per heavy atom. The third-order valence-corrected chi connectivity index (χ3v) is 2.56. The van der Waals surface area contributed by atoms with Gasteiger partial charge in [-0.05, 0) is 6.92 Å². The van der Waals surface area contributed by atoms with Crippen molar-refractivity contribution in [2.24, 2.45) is 5.73 Å². The van der Waals surface area contributed by atoms with Crippen molar-refractivity contribution < 1.29 is 4.74 Å². The summed E-state index contributed by atoms with van der Waals surface area (Å²) in [6.45, 7) is 3.01. The van der Waals surface area contributed by atoms with Gasteiger partial charge in [0.05, 0.1) is 6.20 Å². The van der Waals surface area contributed by atoms with Gasteiger partial charge in [0.15, 0.2) is 0 Å². The monoisotopic (exact) mass is 206 g/mol. The lowest BCUT2D eigenvalue weighted by molar-refractivity contribution is 0.0686. The van der Waals surface area contributed by atoms with Crippen LogP contribution >= 0.6 is 22.9 Å². The Hall–Kier alpha value is -0.160. The number of hydrogen-bond donors (Lipinski definition) is 1. The molecule has 0 saturated heterocycles. The number of halogens is 1. The number of ether oxygens (including phenoxy) is 1. The van der Waals surface area contributed by atoms with Gasteiger partial charge in [-0.15, -0.1) is 11.3 Å². The minimum absolute atomic E-state index is 0.104. The molecule has 0 spiro atoms. The van der Waals surface area contributed by atoms with E-state index in [2.05, 4.69) is 4.98 Å². The van der Waals surface area contributed by atoms with Gasteiger partial charge in [0.1, 0.15) is 15.4 Å². The minimum atomic E-state index is -0.104. The first-order valence-electron chi connectivity index (χ1n) is 3.70. The fourth-order valence-corrected chi connectivity index (χ4v) is 1.85. The Balaban J connectivity index is 2.66. The van der Waals surface area contributed by atoms with E-state index in [9.17, 15) is 0 Å². The summed E-state index contributed by atoms with van der Waals surface area (Å²) < 4.78 is 6.02. The first kappa shape index (κ1) is 9.92. The van der Waals surface area contributed by atoms with E-state index < -0.39 is 0 Å². The lowest BCUT2D eigenvalue weighted by atomic mass is 10.4. The highest BCUT2D eigenvalue weighted by molar-refractivity contribution is 7.15. The van der Waals surface area contributed by atoms with Crippen LogP contribution in [-0.4, -0.2) is 18.1 Å². The second-order valence-electron chi connectivity index (χ2n) is 2.18. The smallest absolute Gasteiger partial charge is 0.124 e. The van der Waals surface area contributed by atoms with E-state index in [1.54, 1.807) is 6.20 Å². The maximum Gasteiger partial charge on any atom is 0.124 e. The van der Waals surface area contributed by atoms with Crippen molar-refractivity contribution in [1.29, 1.82) is 0 Å². The number of thiazole rings is 1. The van der Waals surface area contributed by atoms with Crippen molar-refractivity contribution in [2.75, 3.05) is 13.2 Å². The van der Waals surface area contributed by atoms with Gasteiger partial charge in [-0.25, -0.2) is 4.98 Å². The lowest BCUT2D eigenvalue weighted by Gasteiger charge is -2.10. The van der Waals surface area contributed by atoms with Crippen molar-refractivity contribution in [1.82, 2.24) is 4.98 Å². The van der Waals surface area contributed by atoms with Crippen LogP contribution in [0.1, 0.15) is 18.0 Å². The molecule has 68 valence electrons. The SMILES string of the molecule is CCOC(CN)c1ncc(Cl)s1. The predicted molar refractivity (Wildman–Crippen MR) is 50.5 cm³/mol. The van der Waals surface area contributed by atoms with E-state index in [4.69, 9.17) is 22.1 Å². The molecule has 3 nitrogen and oxygen atoms in total. The van der Waals surface area contributed by atoms with E-state index in [-0.39, 0.29) is 6.10 Å². The van der Waals surface area contributed by atoms with Gasteiger partial charge in [-0.2, -0.15) is 0 Å².